The minimum absolute atomic E-state index is 0.128. The Labute approximate surface area is 113 Å². The third-order valence-corrected chi connectivity index (χ3v) is 3.23. The van der Waals surface area contributed by atoms with Gasteiger partial charge in [0.25, 0.3) is 0 Å². The van der Waals surface area contributed by atoms with Gasteiger partial charge in [-0.3, -0.25) is 4.79 Å². The average Bonchev–Trinajstić information content (AvgIpc) is 2.42. The summed E-state index contributed by atoms with van der Waals surface area (Å²) >= 11 is 0. The molecule has 1 fully saturated rings. The molecule has 1 aliphatic rings. The van der Waals surface area contributed by atoms with Gasteiger partial charge in [0, 0.05) is 31.1 Å². The van der Waals surface area contributed by atoms with E-state index >= 15 is 0 Å². The van der Waals surface area contributed by atoms with Crippen LogP contribution in [0.4, 0.5) is 11.6 Å². The quantitative estimate of drug-likeness (QED) is 0.746. The molecule has 1 aromatic rings. The summed E-state index contributed by atoms with van der Waals surface area (Å²) in [6, 6.07) is 0.241. The van der Waals surface area contributed by atoms with Crippen LogP contribution < -0.4 is 16.0 Å². The molecule has 6 nitrogen and oxygen atoms in total. The number of carbonyl (C=O) groups excluding carboxylic acids is 1. The van der Waals surface area contributed by atoms with Gasteiger partial charge >= 0.3 is 0 Å². The fraction of sp³-hybridized carbons (Fsp3) is 0.615. The van der Waals surface area contributed by atoms with Crippen LogP contribution in [-0.4, -0.2) is 35.0 Å². The molecule has 1 amide bonds. The Morgan fingerprint density at radius 2 is 2.21 bits per heavy atom. The van der Waals surface area contributed by atoms with Gasteiger partial charge in [-0.15, -0.1) is 0 Å². The van der Waals surface area contributed by atoms with Crippen LogP contribution >= 0.6 is 0 Å². The van der Waals surface area contributed by atoms with E-state index in [-0.39, 0.29) is 11.9 Å². The summed E-state index contributed by atoms with van der Waals surface area (Å²) in [5.41, 5.74) is 1.02. The number of hydrogen-bond donors (Lipinski definition) is 3. The van der Waals surface area contributed by atoms with Crippen molar-refractivity contribution in [3.05, 3.63) is 11.9 Å². The van der Waals surface area contributed by atoms with Crippen LogP contribution in [0, 0.1) is 6.92 Å². The van der Waals surface area contributed by atoms with Crippen LogP contribution in [0.1, 0.15) is 31.7 Å². The second-order valence-corrected chi connectivity index (χ2v) is 4.81. The first kappa shape index (κ1) is 13.6. The number of nitrogens with one attached hydrogen (secondary N) is 3. The minimum Gasteiger partial charge on any atom is -0.370 e. The number of nitrogens with zero attached hydrogens (tertiary/aromatic N) is 2. The maximum atomic E-state index is 11.1. The third kappa shape index (κ3) is 3.56. The Morgan fingerprint density at radius 3 is 2.89 bits per heavy atom. The highest BCUT2D eigenvalue weighted by molar-refractivity contribution is 5.77. The molecule has 1 unspecified atom stereocenters. The van der Waals surface area contributed by atoms with Crippen LogP contribution in [0.25, 0.3) is 0 Å². The molecule has 0 bridgehead atoms. The van der Waals surface area contributed by atoms with E-state index in [1.807, 2.05) is 6.92 Å². The van der Waals surface area contributed by atoms with Gasteiger partial charge in [0.2, 0.25) is 5.91 Å². The van der Waals surface area contributed by atoms with Crippen LogP contribution in [0.5, 0.6) is 0 Å². The lowest BCUT2D eigenvalue weighted by Gasteiger charge is -2.24. The molecule has 2 rings (SSSR count). The average molecular weight is 263 g/mol. The normalized spacial score (nSPS) is 18.8. The lowest BCUT2D eigenvalue weighted by atomic mass is 10.1. The number of rotatable bonds is 5. The molecule has 19 heavy (non-hydrogen) atoms. The van der Waals surface area contributed by atoms with Crippen LogP contribution in [-0.2, 0) is 4.79 Å². The number of hydrogen-bond acceptors (Lipinski definition) is 5. The molecule has 0 saturated carbocycles. The van der Waals surface area contributed by atoms with Crippen molar-refractivity contribution in [1.29, 1.82) is 0 Å². The maximum Gasteiger partial charge on any atom is 0.220 e. The van der Waals surface area contributed by atoms with E-state index in [4.69, 9.17) is 0 Å². The molecule has 0 spiro atoms. The fourth-order valence-corrected chi connectivity index (χ4v) is 2.07. The van der Waals surface area contributed by atoms with Crippen LogP contribution in [0.3, 0.4) is 0 Å². The van der Waals surface area contributed by atoms with Gasteiger partial charge in [0.15, 0.2) is 0 Å². The standard InChI is InChI=1S/C13H21N5O/c1-3-6-14-12-9(2)13(17-8-16-12)18-10-4-5-11(19)15-7-10/h8,10H,3-7H2,1-2H3,(H,15,19)(H2,14,16,17,18). The summed E-state index contributed by atoms with van der Waals surface area (Å²) in [7, 11) is 0. The van der Waals surface area contributed by atoms with Crippen molar-refractivity contribution >= 4 is 17.5 Å². The summed E-state index contributed by atoms with van der Waals surface area (Å²) < 4.78 is 0. The molecule has 0 radical (unpaired) electrons. The molecule has 1 aliphatic heterocycles. The van der Waals surface area contributed by atoms with E-state index < -0.39 is 0 Å². The van der Waals surface area contributed by atoms with E-state index in [9.17, 15) is 4.79 Å². The van der Waals surface area contributed by atoms with Gasteiger partial charge < -0.3 is 16.0 Å². The topological polar surface area (TPSA) is 78.9 Å². The van der Waals surface area contributed by atoms with Crippen molar-refractivity contribution in [2.45, 2.75) is 39.2 Å². The smallest absolute Gasteiger partial charge is 0.220 e. The van der Waals surface area contributed by atoms with Crippen LogP contribution in [0.15, 0.2) is 6.33 Å². The van der Waals surface area contributed by atoms with Crippen molar-refractivity contribution in [3.63, 3.8) is 0 Å². The molecule has 1 saturated heterocycles. The molecular weight excluding hydrogens is 242 g/mol. The molecular formula is C13H21N5O. The van der Waals surface area contributed by atoms with Crippen LogP contribution in [0.2, 0.25) is 0 Å². The Balaban J connectivity index is 2.01. The highest BCUT2D eigenvalue weighted by atomic mass is 16.1. The fourth-order valence-electron chi connectivity index (χ4n) is 2.07. The van der Waals surface area contributed by atoms with Crippen molar-refractivity contribution < 1.29 is 4.79 Å². The first-order valence-electron chi connectivity index (χ1n) is 6.79. The van der Waals surface area contributed by atoms with E-state index in [0.29, 0.717) is 13.0 Å². The van der Waals surface area contributed by atoms with Crippen molar-refractivity contribution in [3.8, 4) is 0 Å². The number of piperidine rings is 1. The molecule has 1 atom stereocenters. The summed E-state index contributed by atoms with van der Waals surface area (Å²) in [5, 5.41) is 9.53. The predicted molar refractivity (Wildman–Crippen MR) is 75.2 cm³/mol. The Kier molecular flexibility index (Phi) is 4.54. The largest absolute Gasteiger partial charge is 0.370 e. The lowest BCUT2D eigenvalue weighted by Crippen LogP contribution is -2.42. The van der Waals surface area contributed by atoms with Gasteiger partial charge in [-0.2, -0.15) is 0 Å². The highest BCUT2D eigenvalue weighted by Gasteiger charge is 2.19. The van der Waals surface area contributed by atoms with Gasteiger partial charge in [0.05, 0.1) is 0 Å². The van der Waals surface area contributed by atoms with E-state index in [2.05, 4.69) is 32.8 Å². The number of amides is 1. The van der Waals surface area contributed by atoms with Crippen molar-refractivity contribution in [2.75, 3.05) is 23.7 Å². The first-order chi connectivity index (χ1) is 9.20. The Bertz CT molecular complexity index is 439. The monoisotopic (exact) mass is 263 g/mol. The van der Waals surface area contributed by atoms with Crippen molar-refractivity contribution in [2.24, 2.45) is 0 Å². The zero-order valence-corrected chi connectivity index (χ0v) is 11.5. The molecule has 0 aromatic carbocycles. The summed E-state index contributed by atoms with van der Waals surface area (Å²) in [6.07, 6.45) is 4.03. The summed E-state index contributed by atoms with van der Waals surface area (Å²) in [5.74, 6) is 1.84. The maximum absolute atomic E-state index is 11.1. The van der Waals surface area contributed by atoms with E-state index in [1.165, 1.54) is 0 Å². The number of aromatic nitrogens is 2. The Morgan fingerprint density at radius 1 is 1.42 bits per heavy atom. The van der Waals surface area contributed by atoms with Crippen molar-refractivity contribution in [1.82, 2.24) is 15.3 Å². The van der Waals surface area contributed by atoms with Gasteiger partial charge in [-0.05, 0) is 19.8 Å². The second-order valence-electron chi connectivity index (χ2n) is 4.81. The summed E-state index contributed by atoms with van der Waals surface area (Å²) in [4.78, 5) is 19.7. The highest BCUT2D eigenvalue weighted by Crippen LogP contribution is 2.20. The molecule has 1 aromatic heterocycles. The number of carbonyl (C=O) groups is 1. The third-order valence-electron chi connectivity index (χ3n) is 3.23. The number of anilines is 2. The minimum atomic E-state index is 0.128. The lowest BCUT2D eigenvalue weighted by molar-refractivity contribution is -0.122. The SMILES string of the molecule is CCCNc1ncnc(NC2CCC(=O)NC2)c1C. The van der Waals surface area contributed by atoms with E-state index in [1.54, 1.807) is 6.33 Å². The van der Waals surface area contributed by atoms with Gasteiger partial charge in [0.1, 0.15) is 18.0 Å². The van der Waals surface area contributed by atoms with Gasteiger partial charge in [-0.25, -0.2) is 9.97 Å². The molecule has 3 N–H and O–H groups in total. The molecule has 104 valence electrons. The molecule has 0 aliphatic carbocycles. The zero-order chi connectivity index (χ0) is 13.7. The molecule has 2 heterocycles. The van der Waals surface area contributed by atoms with Gasteiger partial charge in [-0.1, -0.05) is 6.92 Å². The second kappa shape index (κ2) is 6.36. The summed E-state index contributed by atoms with van der Waals surface area (Å²) in [6.45, 7) is 5.67. The Hall–Kier alpha value is -1.85. The first-order valence-corrected chi connectivity index (χ1v) is 6.79. The van der Waals surface area contributed by atoms with E-state index in [0.717, 1.165) is 36.6 Å². The zero-order valence-electron chi connectivity index (χ0n) is 11.5. The molecule has 6 heteroatoms. The predicted octanol–water partition coefficient (Wildman–Crippen LogP) is 1.30.